The van der Waals surface area contributed by atoms with E-state index in [1.54, 1.807) is 6.20 Å². The van der Waals surface area contributed by atoms with Crippen molar-refractivity contribution < 1.29 is 9.32 Å². The third kappa shape index (κ3) is 1.76. The Balaban J connectivity index is 1.95. The maximum atomic E-state index is 12.1. The first-order valence-electron chi connectivity index (χ1n) is 6.20. The molecule has 4 nitrogen and oxygen atoms in total. The molecule has 2 bridgehead atoms. The molecule has 0 aromatic carbocycles. The van der Waals surface area contributed by atoms with Crippen LogP contribution < -0.4 is 0 Å². The van der Waals surface area contributed by atoms with Gasteiger partial charge in [-0.15, -0.1) is 0 Å². The molecule has 2 atom stereocenters. The number of fused-ring (bicyclic) bond motifs is 2. The number of nitrogens with zero attached hydrogens (tertiary/aromatic N) is 2. The van der Waals surface area contributed by atoms with Crippen LogP contribution in [0.2, 0.25) is 0 Å². The quantitative estimate of drug-likeness (QED) is 0.815. The second-order valence-corrected chi connectivity index (χ2v) is 7.30. The Morgan fingerprint density at radius 2 is 2.12 bits per heavy atom. The molecule has 1 aromatic rings. The molecule has 2 aliphatic rings. The summed E-state index contributed by atoms with van der Waals surface area (Å²) in [5.41, 5.74) is -0.873. The smallest absolute Gasteiger partial charge is 0.140 e. The van der Waals surface area contributed by atoms with E-state index >= 15 is 0 Å². The maximum Gasteiger partial charge on any atom is 0.140 e. The van der Waals surface area contributed by atoms with Crippen molar-refractivity contribution in [2.45, 2.75) is 48.2 Å². The van der Waals surface area contributed by atoms with E-state index in [-0.39, 0.29) is 10.5 Å². The van der Waals surface area contributed by atoms with Crippen LogP contribution in [0.4, 0.5) is 0 Å². The number of hydrogen-bond donors (Lipinski definition) is 1. The van der Waals surface area contributed by atoms with Crippen molar-refractivity contribution in [2.24, 2.45) is 7.05 Å². The van der Waals surface area contributed by atoms with Crippen LogP contribution in [-0.4, -0.2) is 29.4 Å². The van der Waals surface area contributed by atoms with Gasteiger partial charge in [-0.1, -0.05) is 6.42 Å². The lowest BCUT2D eigenvalue weighted by Gasteiger charge is -2.42. The van der Waals surface area contributed by atoms with Crippen molar-refractivity contribution in [3.05, 3.63) is 18.2 Å². The lowest BCUT2D eigenvalue weighted by atomic mass is 9.85. The van der Waals surface area contributed by atoms with E-state index in [2.05, 4.69) is 4.98 Å². The van der Waals surface area contributed by atoms with Gasteiger partial charge in [-0.05, 0) is 25.7 Å². The minimum Gasteiger partial charge on any atom is -0.382 e. The number of imidazole rings is 1. The molecule has 2 fully saturated rings. The fourth-order valence-corrected chi connectivity index (χ4v) is 5.50. The van der Waals surface area contributed by atoms with Gasteiger partial charge in [0.1, 0.15) is 11.4 Å². The number of hydrogen-bond acceptors (Lipinski definition) is 3. The zero-order valence-corrected chi connectivity index (χ0v) is 10.8. The van der Waals surface area contributed by atoms with Gasteiger partial charge in [-0.3, -0.25) is 4.21 Å². The van der Waals surface area contributed by atoms with E-state index in [4.69, 9.17) is 0 Å². The molecule has 0 radical (unpaired) electrons. The molecule has 0 amide bonds. The summed E-state index contributed by atoms with van der Waals surface area (Å²) in [5.74, 6) is 0.728. The van der Waals surface area contributed by atoms with E-state index in [1.807, 2.05) is 17.8 Å². The molecule has 3 rings (SSSR count). The Morgan fingerprint density at radius 3 is 2.65 bits per heavy atom. The Kier molecular flexibility index (Phi) is 2.63. The summed E-state index contributed by atoms with van der Waals surface area (Å²) in [6, 6.07) is 0. The van der Waals surface area contributed by atoms with Gasteiger partial charge in [0, 0.05) is 40.7 Å². The molecule has 17 heavy (non-hydrogen) atoms. The van der Waals surface area contributed by atoms with Crippen LogP contribution in [0, 0.1) is 0 Å². The van der Waals surface area contributed by atoms with Crippen LogP contribution in [-0.2, 0) is 23.4 Å². The van der Waals surface area contributed by atoms with E-state index in [9.17, 15) is 9.32 Å². The van der Waals surface area contributed by atoms with Crippen molar-refractivity contribution in [1.29, 1.82) is 0 Å². The standard InChI is InChI=1S/C12H18N2O2S/c1-14-6-5-13-11(14)12(15)7-9-3-2-4-10(8-12)17(9)16/h5-6,9-10,15H,2-4,7-8H2,1H3. The summed E-state index contributed by atoms with van der Waals surface area (Å²) in [7, 11) is 1.16. The molecule has 0 aliphatic carbocycles. The van der Waals surface area contributed by atoms with Gasteiger partial charge in [0.15, 0.2) is 0 Å². The highest BCUT2D eigenvalue weighted by atomic mass is 32.2. The number of aliphatic hydroxyl groups is 1. The Morgan fingerprint density at radius 1 is 1.47 bits per heavy atom. The molecule has 2 saturated heterocycles. The molecule has 1 N–H and O–H groups in total. The molecule has 94 valence electrons. The first-order valence-corrected chi connectivity index (χ1v) is 7.47. The average Bonchev–Trinajstić information content (AvgIpc) is 2.68. The lowest BCUT2D eigenvalue weighted by molar-refractivity contribution is -0.00416. The van der Waals surface area contributed by atoms with Crippen molar-refractivity contribution in [3.8, 4) is 0 Å². The summed E-state index contributed by atoms with van der Waals surface area (Å²) in [6.45, 7) is 0. The molecule has 0 spiro atoms. The first kappa shape index (κ1) is 11.4. The fraction of sp³-hybridized carbons (Fsp3) is 0.750. The van der Waals surface area contributed by atoms with E-state index in [0.717, 1.165) is 25.1 Å². The molecular formula is C12H18N2O2S. The Bertz CT molecular complexity index is 441. The maximum absolute atomic E-state index is 12.1. The highest BCUT2D eigenvalue weighted by Crippen LogP contribution is 2.43. The van der Waals surface area contributed by atoms with Gasteiger partial charge in [0.05, 0.1) is 0 Å². The third-order valence-corrected chi connectivity index (χ3v) is 6.20. The summed E-state index contributed by atoms with van der Waals surface area (Å²) < 4.78 is 14.0. The SMILES string of the molecule is Cn1ccnc1C1(O)CC2CCCC(C1)S2=O. The second kappa shape index (κ2) is 3.92. The minimum atomic E-state index is -0.873. The molecule has 1 aromatic heterocycles. The average molecular weight is 254 g/mol. The van der Waals surface area contributed by atoms with Crippen molar-refractivity contribution in [3.63, 3.8) is 0 Å². The van der Waals surface area contributed by atoms with E-state index in [0.29, 0.717) is 12.8 Å². The molecule has 2 unspecified atom stereocenters. The highest BCUT2D eigenvalue weighted by Gasteiger charge is 2.48. The zero-order valence-electron chi connectivity index (χ0n) is 10.0. The topological polar surface area (TPSA) is 55.1 Å². The predicted molar refractivity (Wildman–Crippen MR) is 65.9 cm³/mol. The fourth-order valence-electron chi connectivity index (χ4n) is 3.28. The monoisotopic (exact) mass is 254 g/mol. The van der Waals surface area contributed by atoms with Crippen molar-refractivity contribution in [1.82, 2.24) is 9.55 Å². The summed E-state index contributed by atoms with van der Waals surface area (Å²) in [5, 5.41) is 11.1. The summed E-state index contributed by atoms with van der Waals surface area (Å²) >= 11 is 0. The normalized spacial score (nSPS) is 41.4. The van der Waals surface area contributed by atoms with Crippen LogP contribution in [0.25, 0.3) is 0 Å². The number of aryl methyl sites for hydroxylation is 1. The largest absolute Gasteiger partial charge is 0.382 e. The van der Waals surface area contributed by atoms with E-state index < -0.39 is 16.4 Å². The Labute approximate surface area is 104 Å². The minimum absolute atomic E-state index is 0.157. The van der Waals surface area contributed by atoms with Gasteiger partial charge >= 0.3 is 0 Å². The zero-order chi connectivity index (χ0) is 12.0. The van der Waals surface area contributed by atoms with Gasteiger partial charge in [0.2, 0.25) is 0 Å². The highest BCUT2D eigenvalue weighted by molar-refractivity contribution is 7.86. The van der Waals surface area contributed by atoms with Crippen LogP contribution in [0.3, 0.4) is 0 Å². The third-order valence-electron chi connectivity index (χ3n) is 4.08. The van der Waals surface area contributed by atoms with Gasteiger partial charge < -0.3 is 9.67 Å². The number of aromatic nitrogens is 2. The van der Waals surface area contributed by atoms with Crippen LogP contribution in [0.15, 0.2) is 12.4 Å². The molecule has 5 heteroatoms. The van der Waals surface area contributed by atoms with Gasteiger partial charge in [0.25, 0.3) is 0 Å². The van der Waals surface area contributed by atoms with Crippen LogP contribution in [0.5, 0.6) is 0 Å². The molecule has 3 heterocycles. The summed E-state index contributed by atoms with van der Waals surface area (Å²) in [6.07, 6.45) is 7.88. The summed E-state index contributed by atoms with van der Waals surface area (Å²) in [4.78, 5) is 4.28. The molecule has 2 aliphatic heterocycles. The van der Waals surface area contributed by atoms with Crippen molar-refractivity contribution in [2.75, 3.05) is 0 Å². The van der Waals surface area contributed by atoms with Crippen molar-refractivity contribution >= 4 is 10.8 Å². The predicted octanol–water partition coefficient (Wildman–Crippen LogP) is 1.07. The lowest BCUT2D eigenvalue weighted by Crippen LogP contribution is -2.48. The molecular weight excluding hydrogens is 236 g/mol. The Hall–Kier alpha value is -0.680. The van der Waals surface area contributed by atoms with Gasteiger partial charge in [-0.25, -0.2) is 4.98 Å². The first-order chi connectivity index (χ1) is 8.10. The molecule has 0 saturated carbocycles. The second-order valence-electron chi connectivity index (χ2n) is 5.31. The van der Waals surface area contributed by atoms with Gasteiger partial charge in [-0.2, -0.15) is 0 Å². The van der Waals surface area contributed by atoms with Crippen LogP contribution >= 0.6 is 0 Å². The number of rotatable bonds is 1. The van der Waals surface area contributed by atoms with E-state index in [1.165, 1.54) is 0 Å². The van der Waals surface area contributed by atoms with Crippen LogP contribution in [0.1, 0.15) is 37.9 Å².